The van der Waals surface area contributed by atoms with Gasteiger partial charge >= 0.3 is 0 Å². The van der Waals surface area contributed by atoms with E-state index < -0.39 is 0 Å². The Kier molecular flexibility index (Phi) is 3.90. The minimum Gasteiger partial charge on any atom is -0.347 e. The fraction of sp³-hybridized carbons (Fsp3) is 0.222. The van der Waals surface area contributed by atoms with Crippen LogP contribution in [0.15, 0.2) is 64.5 Å². The van der Waals surface area contributed by atoms with Gasteiger partial charge in [0.1, 0.15) is 0 Å². The Morgan fingerprint density at radius 2 is 1.78 bits per heavy atom. The lowest BCUT2D eigenvalue weighted by Crippen LogP contribution is -2.22. The van der Waals surface area contributed by atoms with Crippen molar-refractivity contribution in [1.29, 1.82) is 0 Å². The second-order valence-corrected chi connectivity index (χ2v) is 6.96. The largest absolute Gasteiger partial charge is 0.347 e. The molecule has 0 N–H and O–H groups in total. The molecule has 0 amide bonds. The first kappa shape index (κ1) is 15.6. The van der Waals surface area contributed by atoms with E-state index in [1.807, 2.05) is 30.7 Å². The number of para-hydroxylation sites is 2. The van der Waals surface area contributed by atoms with Gasteiger partial charge in [-0.3, -0.25) is 10.1 Å². The molecule has 0 bridgehead atoms. The van der Waals surface area contributed by atoms with Gasteiger partial charge in [0.2, 0.25) is 0 Å². The number of nitrogens with zero attached hydrogens (tertiary/aromatic N) is 2. The number of benzene rings is 2. The lowest BCUT2D eigenvalue weighted by molar-refractivity contribution is -0.387. The maximum absolute atomic E-state index is 11.1. The molecule has 0 saturated carbocycles. The van der Waals surface area contributed by atoms with E-state index in [9.17, 15) is 10.1 Å². The topological polar surface area (TPSA) is 46.4 Å². The molecule has 0 unspecified atom stereocenters. The van der Waals surface area contributed by atoms with E-state index in [0.717, 1.165) is 5.70 Å². The molecule has 3 rings (SSSR count). The molecule has 0 aromatic heterocycles. The summed E-state index contributed by atoms with van der Waals surface area (Å²) in [7, 11) is 2.04. The molecule has 23 heavy (non-hydrogen) atoms. The fourth-order valence-corrected chi connectivity index (χ4v) is 4.15. The zero-order valence-electron chi connectivity index (χ0n) is 13.3. The molecular weight excluding hydrogens is 308 g/mol. The second kappa shape index (κ2) is 5.74. The highest BCUT2D eigenvalue weighted by Gasteiger charge is 2.38. The molecular formula is C18H18N2O2S. The standard InChI is InChI=1S/C18H18N2O2S/c1-18(2)13-8-4-5-9-14(13)19(3)17(18)12-23-16-11-7-6-10-15(16)20(21)22/h4-12H,1-3H3/b17-12-. The van der Waals surface area contributed by atoms with Crippen LogP contribution in [0.25, 0.3) is 0 Å². The van der Waals surface area contributed by atoms with E-state index in [1.54, 1.807) is 18.2 Å². The molecule has 0 spiro atoms. The zero-order valence-corrected chi connectivity index (χ0v) is 14.1. The third-order valence-corrected chi connectivity index (χ3v) is 5.24. The van der Waals surface area contributed by atoms with Crippen LogP contribution in [0.2, 0.25) is 0 Å². The Bertz CT molecular complexity index is 799. The van der Waals surface area contributed by atoms with Gasteiger partial charge in [-0.15, -0.1) is 0 Å². The lowest BCUT2D eigenvalue weighted by Gasteiger charge is -2.23. The lowest BCUT2D eigenvalue weighted by atomic mass is 9.84. The van der Waals surface area contributed by atoms with E-state index >= 15 is 0 Å². The Labute approximate surface area is 140 Å². The van der Waals surface area contributed by atoms with Gasteiger partial charge in [0.15, 0.2) is 0 Å². The Hall–Kier alpha value is -2.27. The maximum atomic E-state index is 11.1. The van der Waals surface area contributed by atoms with Crippen molar-refractivity contribution in [2.45, 2.75) is 24.2 Å². The number of rotatable bonds is 3. The first-order chi connectivity index (χ1) is 10.9. The van der Waals surface area contributed by atoms with Crippen molar-refractivity contribution in [2.24, 2.45) is 0 Å². The van der Waals surface area contributed by atoms with E-state index in [2.05, 4.69) is 30.9 Å². The highest BCUT2D eigenvalue weighted by Crippen LogP contribution is 2.48. The van der Waals surface area contributed by atoms with Crippen molar-refractivity contribution in [3.05, 3.63) is 75.3 Å². The third-order valence-electron chi connectivity index (χ3n) is 4.30. The summed E-state index contributed by atoms with van der Waals surface area (Å²) in [4.78, 5) is 13.6. The minimum absolute atomic E-state index is 0.123. The number of anilines is 1. The van der Waals surface area contributed by atoms with Gasteiger partial charge in [0, 0.05) is 29.9 Å². The van der Waals surface area contributed by atoms with Crippen molar-refractivity contribution >= 4 is 23.1 Å². The average Bonchev–Trinajstić information content (AvgIpc) is 2.73. The van der Waals surface area contributed by atoms with Crippen LogP contribution in [0.4, 0.5) is 11.4 Å². The van der Waals surface area contributed by atoms with Crippen LogP contribution >= 0.6 is 11.8 Å². The van der Waals surface area contributed by atoms with E-state index in [-0.39, 0.29) is 16.0 Å². The second-order valence-electron chi connectivity index (χ2n) is 6.05. The van der Waals surface area contributed by atoms with Crippen LogP contribution in [-0.2, 0) is 5.41 Å². The molecule has 1 aliphatic heterocycles. The van der Waals surface area contributed by atoms with Gasteiger partial charge in [-0.05, 0) is 23.1 Å². The molecule has 0 fully saturated rings. The molecule has 0 aliphatic carbocycles. The summed E-state index contributed by atoms with van der Waals surface area (Å²) in [6.45, 7) is 4.36. The van der Waals surface area contributed by atoms with Crippen LogP contribution in [0, 0.1) is 10.1 Å². The van der Waals surface area contributed by atoms with E-state index in [0.29, 0.717) is 4.90 Å². The molecule has 1 heterocycles. The predicted molar refractivity (Wildman–Crippen MR) is 94.9 cm³/mol. The number of hydrogen-bond acceptors (Lipinski definition) is 4. The van der Waals surface area contributed by atoms with Crippen molar-refractivity contribution < 1.29 is 4.92 Å². The average molecular weight is 326 g/mol. The Morgan fingerprint density at radius 1 is 1.13 bits per heavy atom. The summed E-state index contributed by atoms with van der Waals surface area (Å²) in [5.41, 5.74) is 3.62. The SMILES string of the molecule is CN1/C(=C\Sc2ccccc2[N+](=O)[O-])C(C)(C)c2ccccc21. The number of likely N-dealkylation sites (N-methyl/N-ethyl adjacent to an activating group) is 1. The summed E-state index contributed by atoms with van der Waals surface area (Å²) >= 11 is 1.40. The normalized spacial score (nSPS) is 17.3. The monoisotopic (exact) mass is 326 g/mol. The van der Waals surface area contributed by atoms with Crippen molar-refractivity contribution in [1.82, 2.24) is 0 Å². The maximum Gasteiger partial charge on any atom is 0.283 e. The number of thioether (sulfide) groups is 1. The van der Waals surface area contributed by atoms with Gasteiger partial charge in [0.25, 0.3) is 5.69 Å². The van der Waals surface area contributed by atoms with Gasteiger partial charge in [-0.2, -0.15) is 0 Å². The number of allylic oxidation sites excluding steroid dienone is 1. The highest BCUT2D eigenvalue weighted by atomic mass is 32.2. The number of fused-ring (bicyclic) bond motifs is 1. The van der Waals surface area contributed by atoms with Gasteiger partial charge in [0.05, 0.1) is 9.82 Å². The smallest absolute Gasteiger partial charge is 0.283 e. The first-order valence-electron chi connectivity index (χ1n) is 7.37. The summed E-state index contributed by atoms with van der Waals surface area (Å²) in [6, 6.07) is 15.2. The highest BCUT2D eigenvalue weighted by molar-refractivity contribution is 8.02. The summed E-state index contributed by atoms with van der Waals surface area (Å²) in [6.07, 6.45) is 0. The molecule has 2 aromatic rings. The van der Waals surface area contributed by atoms with E-state index in [1.165, 1.54) is 23.0 Å². The fourth-order valence-electron chi connectivity index (χ4n) is 3.03. The van der Waals surface area contributed by atoms with Crippen LogP contribution < -0.4 is 4.90 Å². The molecule has 0 atom stereocenters. The quantitative estimate of drug-likeness (QED) is 0.454. The molecule has 0 saturated heterocycles. The van der Waals surface area contributed by atoms with Crippen LogP contribution in [0.5, 0.6) is 0 Å². The molecule has 2 aromatic carbocycles. The summed E-state index contributed by atoms with van der Waals surface area (Å²) in [5, 5.41) is 13.2. The Morgan fingerprint density at radius 3 is 2.48 bits per heavy atom. The third kappa shape index (κ3) is 2.61. The molecule has 4 nitrogen and oxygen atoms in total. The van der Waals surface area contributed by atoms with Crippen LogP contribution in [0.1, 0.15) is 19.4 Å². The molecule has 1 aliphatic rings. The predicted octanol–water partition coefficient (Wildman–Crippen LogP) is 4.96. The number of nitro benzene ring substituents is 1. The summed E-state index contributed by atoms with van der Waals surface area (Å²) < 4.78 is 0. The summed E-state index contributed by atoms with van der Waals surface area (Å²) in [5.74, 6) is 0. The first-order valence-corrected chi connectivity index (χ1v) is 8.25. The number of nitro groups is 1. The van der Waals surface area contributed by atoms with Crippen molar-refractivity contribution in [3.63, 3.8) is 0 Å². The zero-order chi connectivity index (χ0) is 16.6. The van der Waals surface area contributed by atoms with Crippen LogP contribution in [0.3, 0.4) is 0 Å². The molecule has 5 heteroatoms. The van der Waals surface area contributed by atoms with Gasteiger partial charge < -0.3 is 4.90 Å². The minimum atomic E-state index is -0.334. The van der Waals surface area contributed by atoms with Crippen molar-refractivity contribution in [3.8, 4) is 0 Å². The number of hydrogen-bond donors (Lipinski definition) is 0. The van der Waals surface area contributed by atoms with E-state index in [4.69, 9.17) is 0 Å². The molecule has 118 valence electrons. The Balaban J connectivity index is 1.97. The molecule has 0 radical (unpaired) electrons. The van der Waals surface area contributed by atoms with Gasteiger partial charge in [-0.1, -0.05) is 55.9 Å². The van der Waals surface area contributed by atoms with Crippen LogP contribution in [-0.4, -0.2) is 12.0 Å². The van der Waals surface area contributed by atoms with Gasteiger partial charge in [-0.25, -0.2) is 0 Å². The van der Waals surface area contributed by atoms with Crippen molar-refractivity contribution in [2.75, 3.05) is 11.9 Å².